The molecule has 0 saturated carbocycles. The minimum absolute atomic E-state index is 0. The van der Waals surface area contributed by atoms with E-state index in [1.54, 1.807) is 7.05 Å². The Hall–Kier alpha value is -1.35. The zero-order valence-corrected chi connectivity index (χ0v) is 21.2. The molecular weight excluding hydrogens is 489 g/mol. The monoisotopic (exact) mass is 529 g/mol. The number of rotatable bonds is 9. The third-order valence-corrected chi connectivity index (χ3v) is 5.50. The number of halogens is 1. The second kappa shape index (κ2) is 15.5. The Kier molecular flexibility index (Phi) is 13.7. The highest BCUT2D eigenvalue weighted by Crippen LogP contribution is 2.09. The first-order valence-corrected chi connectivity index (χ1v) is 11.2. The lowest BCUT2D eigenvalue weighted by molar-refractivity contribution is 0.0939. The molecule has 1 fully saturated rings. The van der Waals surface area contributed by atoms with Crippen molar-refractivity contribution >= 4 is 35.8 Å². The fraction of sp³-hybridized carbons (Fsp3) is 0.652. The Balaban J connectivity index is 0.00000450. The maximum absolute atomic E-state index is 12.3. The van der Waals surface area contributed by atoms with Crippen LogP contribution >= 0.6 is 24.0 Å². The number of guanidine groups is 1. The van der Waals surface area contributed by atoms with Crippen molar-refractivity contribution in [1.29, 1.82) is 0 Å². The summed E-state index contributed by atoms with van der Waals surface area (Å²) in [5, 5.41) is 9.76. The van der Waals surface area contributed by atoms with Crippen LogP contribution < -0.4 is 16.0 Å². The summed E-state index contributed by atoms with van der Waals surface area (Å²) in [6.45, 7) is 9.27. The summed E-state index contributed by atoms with van der Waals surface area (Å²) in [4.78, 5) is 19.2. The van der Waals surface area contributed by atoms with Gasteiger partial charge in [0, 0.05) is 31.7 Å². The van der Waals surface area contributed by atoms with Gasteiger partial charge in [-0.25, -0.2) is 0 Å². The second-order valence-electron chi connectivity index (χ2n) is 7.95. The first kappa shape index (κ1) is 26.7. The Morgan fingerprint density at radius 3 is 2.57 bits per heavy atom. The van der Waals surface area contributed by atoms with Crippen molar-refractivity contribution in [3.8, 4) is 0 Å². The molecule has 1 unspecified atom stereocenters. The van der Waals surface area contributed by atoms with Crippen molar-refractivity contribution in [3.63, 3.8) is 0 Å². The number of nitrogens with one attached hydrogen (secondary N) is 3. The minimum atomic E-state index is -0.0165. The normalized spacial score (nSPS) is 16.2. The summed E-state index contributed by atoms with van der Waals surface area (Å²) < 4.78 is 0. The highest BCUT2D eigenvalue weighted by atomic mass is 127. The van der Waals surface area contributed by atoms with Crippen LogP contribution in [0.1, 0.15) is 68.3 Å². The van der Waals surface area contributed by atoms with Gasteiger partial charge in [-0.1, -0.05) is 31.9 Å². The fourth-order valence-corrected chi connectivity index (χ4v) is 3.51. The van der Waals surface area contributed by atoms with Gasteiger partial charge in [-0.15, -0.1) is 24.0 Å². The number of aliphatic imine (C=N–C) groups is 1. The van der Waals surface area contributed by atoms with E-state index < -0.39 is 0 Å². The third-order valence-electron chi connectivity index (χ3n) is 5.50. The van der Waals surface area contributed by atoms with Crippen molar-refractivity contribution in [1.82, 2.24) is 20.9 Å². The Morgan fingerprint density at radius 2 is 1.90 bits per heavy atom. The van der Waals surface area contributed by atoms with Gasteiger partial charge in [0.15, 0.2) is 5.96 Å². The molecule has 0 radical (unpaired) electrons. The van der Waals surface area contributed by atoms with E-state index in [9.17, 15) is 4.79 Å². The molecule has 1 aliphatic rings. The Labute approximate surface area is 199 Å². The summed E-state index contributed by atoms with van der Waals surface area (Å²) in [5.41, 5.74) is 1.76. The van der Waals surface area contributed by atoms with Gasteiger partial charge in [0.2, 0.25) is 0 Å². The van der Waals surface area contributed by atoms with Gasteiger partial charge in [0.05, 0.1) is 0 Å². The number of carbonyl (C=O) groups excluding carboxylic acids is 1. The van der Waals surface area contributed by atoms with Crippen molar-refractivity contribution in [2.24, 2.45) is 4.99 Å². The summed E-state index contributed by atoms with van der Waals surface area (Å²) >= 11 is 0. The molecule has 0 bridgehead atoms. The van der Waals surface area contributed by atoms with E-state index in [0.717, 1.165) is 37.5 Å². The van der Waals surface area contributed by atoms with Crippen molar-refractivity contribution in [2.75, 3.05) is 33.2 Å². The zero-order valence-electron chi connectivity index (χ0n) is 18.9. The summed E-state index contributed by atoms with van der Waals surface area (Å²) in [5.74, 6) is 0.785. The number of benzene rings is 1. The van der Waals surface area contributed by atoms with Gasteiger partial charge in [-0.05, 0) is 69.9 Å². The lowest BCUT2D eigenvalue weighted by atomic mass is 10.1. The van der Waals surface area contributed by atoms with Gasteiger partial charge in [0.1, 0.15) is 0 Å². The molecule has 1 heterocycles. The number of nitrogens with zero attached hydrogens (tertiary/aromatic N) is 2. The van der Waals surface area contributed by atoms with Crippen LogP contribution in [0.25, 0.3) is 0 Å². The molecule has 2 rings (SSSR count). The number of likely N-dealkylation sites (tertiary alicyclic amines) is 1. The summed E-state index contributed by atoms with van der Waals surface area (Å²) in [6, 6.07) is 7.94. The smallest absolute Gasteiger partial charge is 0.251 e. The van der Waals surface area contributed by atoms with E-state index in [4.69, 9.17) is 0 Å². The molecule has 1 aliphatic heterocycles. The number of hydrogen-bond donors (Lipinski definition) is 3. The first-order chi connectivity index (χ1) is 14.1. The molecule has 0 aliphatic carbocycles. The Bertz CT molecular complexity index is 644. The second-order valence-corrected chi connectivity index (χ2v) is 7.95. The molecule has 170 valence electrons. The molecular formula is C23H40IN5O. The maximum Gasteiger partial charge on any atom is 0.251 e. The van der Waals surface area contributed by atoms with Crippen LogP contribution in [-0.2, 0) is 6.54 Å². The predicted molar refractivity (Wildman–Crippen MR) is 137 cm³/mol. The largest absolute Gasteiger partial charge is 0.356 e. The molecule has 6 nitrogen and oxygen atoms in total. The van der Waals surface area contributed by atoms with Gasteiger partial charge in [-0.3, -0.25) is 9.79 Å². The summed E-state index contributed by atoms with van der Waals surface area (Å²) in [7, 11) is 1.79. The topological polar surface area (TPSA) is 68.8 Å². The van der Waals surface area contributed by atoms with E-state index in [0.29, 0.717) is 12.1 Å². The molecule has 1 saturated heterocycles. The quantitative estimate of drug-likeness (QED) is 0.197. The van der Waals surface area contributed by atoms with Crippen molar-refractivity contribution in [3.05, 3.63) is 35.4 Å². The number of amides is 1. The highest BCUT2D eigenvalue weighted by Gasteiger charge is 2.10. The van der Waals surface area contributed by atoms with Gasteiger partial charge in [0.25, 0.3) is 5.91 Å². The summed E-state index contributed by atoms with van der Waals surface area (Å²) in [6.07, 6.45) is 7.48. The maximum atomic E-state index is 12.3. The molecule has 1 aromatic carbocycles. The number of carbonyl (C=O) groups is 1. The third kappa shape index (κ3) is 10.1. The SMILES string of the molecule is CCC(C)NC(=O)c1cccc(CNC(=NC)NCCCN2CCCCCC2)c1.I. The van der Waals surface area contributed by atoms with Crippen LogP contribution in [0.3, 0.4) is 0 Å². The molecule has 7 heteroatoms. The number of hydrogen-bond acceptors (Lipinski definition) is 3. The zero-order chi connectivity index (χ0) is 20.9. The highest BCUT2D eigenvalue weighted by molar-refractivity contribution is 14.0. The van der Waals surface area contributed by atoms with Crippen LogP contribution in [-0.4, -0.2) is 56.0 Å². The van der Waals surface area contributed by atoms with E-state index in [1.807, 2.05) is 31.2 Å². The molecule has 1 atom stereocenters. The van der Waals surface area contributed by atoms with Crippen LogP contribution in [0, 0.1) is 0 Å². The lowest BCUT2D eigenvalue weighted by Crippen LogP contribution is -2.38. The van der Waals surface area contributed by atoms with Gasteiger partial charge < -0.3 is 20.9 Å². The van der Waals surface area contributed by atoms with Crippen LogP contribution in [0.15, 0.2) is 29.3 Å². The standard InChI is InChI=1S/C23H39N5O.HI/c1-4-19(2)27-22(29)21-12-9-11-20(17-21)18-26-23(24-3)25-13-10-16-28-14-7-5-6-8-15-28;/h9,11-12,17,19H,4-8,10,13-16,18H2,1-3H3,(H,27,29)(H2,24,25,26);1H. The molecule has 1 amide bonds. The van der Waals surface area contributed by atoms with E-state index >= 15 is 0 Å². The van der Waals surface area contributed by atoms with E-state index in [-0.39, 0.29) is 35.9 Å². The average molecular weight is 530 g/mol. The van der Waals surface area contributed by atoms with E-state index in [2.05, 4.69) is 32.8 Å². The lowest BCUT2D eigenvalue weighted by Gasteiger charge is -2.20. The van der Waals surface area contributed by atoms with E-state index in [1.165, 1.54) is 38.8 Å². The van der Waals surface area contributed by atoms with Crippen molar-refractivity contribution < 1.29 is 4.79 Å². The molecule has 0 spiro atoms. The molecule has 30 heavy (non-hydrogen) atoms. The first-order valence-electron chi connectivity index (χ1n) is 11.2. The molecule has 1 aromatic rings. The van der Waals surface area contributed by atoms with Crippen LogP contribution in [0.5, 0.6) is 0 Å². The van der Waals surface area contributed by atoms with Gasteiger partial charge in [-0.2, -0.15) is 0 Å². The van der Waals surface area contributed by atoms with Crippen LogP contribution in [0.4, 0.5) is 0 Å². The average Bonchev–Trinajstić information content (AvgIpc) is 3.02. The minimum Gasteiger partial charge on any atom is -0.356 e. The fourth-order valence-electron chi connectivity index (χ4n) is 3.51. The van der Waals surface area contributed by atoms with Crippen molar-refractivity contribution in [2.45, 2.75) is 65.0 Å². The Morgan fingerprint density at radius 1 is 1.17 bits per heavy atom. The van der Waals surface area contributed by atoms with Crippen LogP contribution in [0.2, 0.25) is 0 Å². The predicted octanol–water partition coefficient (Wildman–Crippen LogP) is 3.76. The molecule has 3 N–H and O–H groups in total. The van der Waals surface area contributed by atoms with Gasteiger partial charge >= 0.3 is 0 Å². The molecule has 0 aromatic heterocycles.